The van der Waals surface area contributed by atoms with Gasteiger partial charge in [0.05, 0.1) is 22.7 Å². The van der Waals surface area contributed by atoms with Gasteiger partial charge in [-0.15, -0.1) is 0 Å². The number of carbonyl (C=O) groups is 1. The average Bonchev–Trinajstić information content (AvgIpc) is 2.43. The molecule has 0 saturated carbocycles. The lowest BCUT2D eigenvalue weighted by atomic mass is 10.2. The summed E-state index contributed by atoms with van der Waals surface area (Å²) in [6, 6.07) is 4.79. The topological polar surface area (TPSA) is 71.3 Å². The minimum atomic E-state index is -4.48. The molecule has 0 unspecified atom stereocenters. The number of hydrogen-bond acceptors (Lipinski definition) is 4. The summed E-state index contributed by atoms with van der Waals surface area (Å²) in [7, 11) is 0. The average molecular weight is 381 g/mol. The fraction of sp³-hybridized carbons (Fsp3) is 0.385. The van der Waals surface area contributed by atoms with Gasteiger partial charge in [0.2, 0.25) is 0 Å². The normalized spacial score (nSPS) is 10.7. The summed E-state index contributed by atoms with van der Waals surface area (Å²) in [6.07, 6.45) is -4.48. The number of nitrogens with one attached hydrogen (secondary N) is 1. The van der Waals surface area contributed by atoms with Crippen LogP contribution in [0.4, 0.5) is 13.2 Å². The number of benzene rings is 1. The number of nitrogens with zero attached hydrogens (tertiary/aromatic N) is 1. The van der Waals surface area contributed by atoms with Gasteiger partial charge in [0.15, 0.2) is 18.1 Å². The second-order valence-electron chi connectivity index (χ2n) is 4.01. The zero-order valence-corrected chi connectivity index (χ0v) is 13.0. The second kappa shape index (κ2) is 7.89. The molecular weight excluding hydrogens is 369 g/mol. The van der Waals surface area contributed by atoms with Crippen LogP contribution in [0.5, 0.6) is 11.5 Å². The predicted octanol–water partition coefficient (Wildman–Crippen LogP) is 2.78. The summed E-state index contributed by atoms with van der Waals surface area (Å²) in [5.41, 5.74) is 0.309. The van der Waals surface area contributed by atoms with Crippen molar-refractivity contribution in [1.82, 2.24) is 5.32 Å². The Labute approximate surface area is 133 Å². The van der Waals surface area contributed by atoms with Gasteiger partial charge in [-0.2, -0.15) is 18.4 Å². The fourth-order valence-electron chi connectivity index (χ4n) is 1.42. The first-order valence-electron chi connectivity index (χ1n) is 6.09. The number of carbonyl (C=O) groups excluding carboxylic acids is 1. The SMILES string of the molecule is CCOc1cc(C#N)cc(Br)c1OCC(=O)NCC(F)(F)F. The predicted molar refractivity (Wildman–Crippen MR) is 74.6 cm³/mol. The van der Waals surface area contributed by atoms with E-state index in [9.17, 15) is 18.0 Å². The van der Waals surface area contributed by atoms with Crippen LogP contribution in [0, 0.1) is 11.3 Å². The van der Waals surface area contributed by atoms with Crippen LogP contribution in [0.3, 0.4) is 0 Å². The van der Waals surface area contributed by atoms with E-state index in [0.29, 0.717) is 10.0 Å². The summed E-state index contributed by atoms with van der Waals surface area (Å²) in [4.78, 5) is 11.3. The highest BCUT2D eigenvalue weighted by atomic mass is 79.9. The lowest BCUT2D eigenvalue weighted by molar-refractivity contribution is -0.139. The van der Waals surface area contributed by atoms with Crippen LogP contribution in [-0.4, -0.2) is 31.8 Å². The highest BCUT2D eigenvalue weighted by Gasteiger charge is 2.27. The summed E-state index contributed by atoms with van der Waals surface area (Å²) in [6.45, 7) is -0.0343. The Hall–Kier alpha value is -1.95. The summed E-state index contributed by atoms with van der Waals surface area (Å²) < 4.78 is 46.8. The van der Waals surface area contributed by atoms with Gasteiger partial charge in [-0.25, -0.2) is 0 Å². The highest BCUT2D eigenvalue weighted by molar-refractivity contribution is 9.10. The summed E-state index contributed by atoms with van der Waals surface area (Å²) in [5.74, 6) is -0.559. The largest absolute Gasteiger partial charge is 0.490 e. The van der Waals surface area contributed by atoms with E-state index >= 15 is 0 Å². The van der Waals surface area contributed by atoms with E-state index in [1.54, 1.807) is 12.2 Å². The minimum absolute atomic E-state index is 0.142. The molecule has 0 saturated heterocycles. The van der Waals surface area contributed by atoms with E-state index in [4.69, 9.17) is 14.7 Å². The fourth-order valence-corrected chi connectivity index (χ4v) is 1.98. The zero-order valence-electron chi connectivity index (χ0n) is 11.5. The Morgan fingerprint density at radius 2 is 2.09 bits per heavy atom. The van der Waals surface area contributed by atoms with Gasteiger partial charge in [-0.05, 0) is 28.9 Å². The van der Waals surface area contributed by atoms with E-state index in [0.717, 1.165) is 0 Å². The molecule has 120 valence electrons. The molecule has 0 heterocycles. The van der Waals surface area contributed by atoms with Crippen molar-refractivity contribution in [2.45, 2.75) is 13.1 Å². The monoisotopic (exact) mass is 380 g/mol. The number of amides is 1. The van der Waals surface area contributed by atoms with Crippen molar-refractivity contribution >= 4 is 21.8 Å². The van der Waals surface area contributed by atoms with Crippen LogP contribution in [0.2, 0.25) is 0 Å². The smallest absolute Gasteiger partial charge is 0.405 e. The first-order chi connectivity index (χ1) is 10.3. The molecule has 1 N–H and O–H groups in total. The highest BCUT2D eigenvalue weighted by Crippen LogP contribution is 2.36. The Kier molecular flexibility index (Phi) is 6.49. The lowest BCUT2D eigenvalue weighted by Crippen LogP contribution is -2.36. The third-order valence-corrected chi connectivity index (χ3v) is 2.86. The van der Waals surface area contributed by atoms with Crippen LogP contribution in [0.15, 0.2) is 16.6 Å². The van der Waals surface area contributed by atoms with Crippen molar-refractivity contribution in [1.29, 1.82) is 5.26 Å². The molecule has 22 heavy (non-hydrogen) atoms. The molecule has 9 heteroatoms. The van der Waals surface area contributed by atoms with E-state index in [-0.39, 0.29) is 18.1 Å². The number of alkyl halides is 3. The quantitative estimate of drug-likeness (QED) is 0.823. The molecule has 1 rings (SSSR count). The third-order valence-electron chi connectivity index (χ3n) is 2.27. The molecule has 0 aromatic heterocycles. The Bertz CT molecular complexity index is 585. The van der Waals surface area contributed by atoms with E-state index in [1.807, 2.05) is 6.07 Å². The Morgan fingerprint density at radius 3 is 2.64 bits per heavy atom. The van der Waals surface area contributed by atoms with Crippen molar-refractivity contribution in [2.75, 3.05) is 19.8 Å². The molecule has 5 nitrogen and oxygen atoms in total. The van der Waals surface area contributed by atoms with Crippen LogP contribution in [-0.2, 0) is 4.79 Å². The molecule has 0 aliphatic heterocycles. The lowest BCUT2D eigenvalue weighted by Gasteiger charge is -2.14. The van der Waals surface area contributed by atoms with Crippen LogP contribution in [0.1, 0.15) is 12.5 Å². The Balaban J connectivity index is 2.76. The maximum atomic E-state index is 12.0. The van der Waals surface area contributed by atoms with Crippen molar-refractivity contribution in [3.8, 4) is 17.6 Å². The van der Waals surface area contributed by atoms with Gasteiger partial charge in [0.25, 0.3) is 5.91 Å². The molecule has 0 radical (unpaired) electrons. The second-order valence-corrected chi connectivity index (χ2v) is 4.87. The van der Waals surface area contributed by atoms with Crippen molar-refractivity contribution in [3.05, 3.63) is 22.2 Å². The van der Waals surface area contributed by atoms with E-state index in [2.05, 4.69) is 15.9 Å². The van der Waals surface area contributed by atoms with Gasteiger partial charge in [0.1, 0.15) is 6.54 Å². The number of rotatable bonds is 6. The van der Waals surface area contributed by atoms with Gasteiger partial charge in [-0.1, -0.05) is 0 Å². The third kappa shape index (κ3) is 5.81. The van der Waals surface area contributed by atoms with Crippen molar-refractivity contribution in [2.24, 2.45) is 0 Å². The first kappa shape index (κ1) is 18.1. The van der Waals surface area contributed by atoms with Crippen LogP contribution >= 0.6 is 15.9 Å². The molecule has 0 aliphatic carbocycles. The van der Waals surface area contributed by atoms with Gasteiger partial charge in [0, 0.05) is 6.07 Å². The van der Waals surface area contributed by atoms with E-state index in [1.165, 1.54) is 12.1 Å². The maximum Gasteiger partial charge on any atom is 0.405 e. The number of nitriles is 1. The van der Waals surface area contributed by atoms with Gasteiger partial charge < -0.3 is 14.8 Å². The van der Waals surface area contributed by atoms with Gasteiger partial charge >= 0.3 is 6.18 Å². The molecule has 1 aromatic carbocycles. The van der Waals surface area contributed by atoms with Crippen LogP contribution < -0.4 is 14.8 Å². The van der Waals surface area contributed by atoms with Crippen molar-refractivity contribution < 1.29 is 27.4 Å². The zero-order chi connectivity index (χ0) is 16.8. The Morgan fingerprint density at radius 1 is 1.41 bits per heavy atom. The molecule has 0 aliphatic rings. The molecule has 0 bridgehead atoms. The molecule has 0 spiro atoms. The van der Waals surface area contributed by atoms with Gasteiger partial charge in [-0.3, -0.25) is 4.79 Å². The summed E-state index contributed by atoms with van der Waals surface area (Å²) >= 11 is 3.16. The van der Waals surface area contributed by atoms with Crippen molar-refractivity contribution in [3.63, 3.8) is 0 Å². The molecular formula is C13H12BrF3N2O3. The molecule has 0 atom stereocenters. The molecule has 1 aromatic rings. The number of halogens is 4. The molecule has 0 fully saturated rings. The minimum Gasteiger partial charge on any atom is -0.490 e. The number of hydrogen-bond donors (Lipinski definition) is 1. The summed E-state index contributed by atoms with van der Waals surface area (Å²) in [5, 5.41) is 10.6. The molecule has 1 amide bonds. The van der Waals surface area contributed by atoms with Crippen LogP contribution in [0.25, 0.3) is 0 Å². The standard InChI is InChI=1S/C13H12BrF3N2O3/c1-2-21-10-4-8(5-18)3-9(14)12(10)22-6-11(20)19-7-13(15,16)17/h3-4H,2,6-7H2,1H3,(H,19,20). The first-order valence-corrected chi connectivity index (χ1v) is 6.88. The number of ether oxygens (including phenoxy) is 2. The maximum absolute atomic E-state index is 12.0. The van der Waals surface area contributed by atoms with E-state index < -0.39 is 25.2 Å².